The van der Waals surface area contributed by atoms with Gasteiger partial charge in [0.15, 0.2) is 0 Å². The van der Waals surface area contributed by atoms with Crippen LogP contribution in [0, 0.1) is 0 Å². The number of hydrogen-bond donors (Lipinski definition) is 1. The number of nitrogens with one attached hydrogen (secondary N) is 1. The average molecular weight is 408 g/mol. The Morgan fingerprint density at radius 2 is 1.79 bits per heavy atom. The van der Waals surface area contributed by atoms with E-state index in [4.69, 9.17) is 0 Å². The van der Waals surface area contributed by atoms with Gasteiger partial charge in [-0.25, -0.2) is 0 Å². The summed E-state index contributed by atoms with van der Waals surface area (Å²) in [5.74, 6) is -0.806. The molecule has 1 saturated heterocycles. The van der Waals surface area contributed by atoms with Gasteiger partial charge in [0.2, 0.25) is 5.91 Å². The second-order valence-corrected chi connectivity index (χ2v) is 7.35. The van der Waals surface area contributed by atoms with Gasteiger partial charge in [0.25, 0.3) is 5.91 Å². The molecule has 29 heavy (non-hydrogen) atoms. The van der Waals surface area contributed by atoms with Crippen molar-refractivity contribution in [2.45, 2.75) is 26.1 Å². The third-order valence-corrected chi connectivity index (χ3v) is 4.77. The first-order valence-corrected chi connectivity index (χ1v) is 9.42. The lowest BCUT2D eigenvalue weighted by Crippen LogP contribution is -2.51. The smallest absolute Gasteiger partial charge is 0.353 e. The van der Waals surface area contributed by atoms with Crippen LogP contribution < -0.4 is 5.32 Å². The van der Waals surface area contributed by atoms with Gasteiger partial charge in [-0.05, 0) is 19.9 Å². The van der Waals surface area contributed by atoms with Crippen molar-refractivity contribution in [2.24, 2.45) is 0 Å². The zero-order valence-corrected chi connectivity index (χ0v) is 16.3. The first kappa shape index (κ1) is 21.0. The zero-order valence-electron chi connectivity index (χ0n) is 16.3. The van der Waals surface area contributed by atoms with Gasteiger partial charge >= 0.3 is 6.18 Å². The van der Waals surface area contributed by atoms with Crippen LogP contribution in [0.5, 0.6) is 0 Å². The highest BCUT2D eigenvalue weighted by Gasteiger charge is 2.39. The van der Waals surface area contributed by atoms with E-state index in [1.165, 1.54) is 23.1 Å². The molecule has 1 N–H and O–H groups in total. The molecule has 2 aromatic rings. The number of hydrogen-bond acceptors (Lipinski definition) is 4. The Morgan fingerprint density at radius 3 is 2.41 bits per heavy atom. The van der Waals surface area contributed by atoms with E-state index in [0.717, 1.165) is 6.20 Å². The quantitative estimate of drug-likeness (QED) is 0.845. The molecule has 0 atom stereocenters. The maximum absolute atomic E-state index is 13.8. The van der Waals surface area contributed by atoms with Crippen molar-refractivity contribution >= 4 is 22.7 Å². The Morgan fingerprint density at radius 1 is 1.14 bits per heavy atom. The number of nitrogens with zero attached hydrogens (tertiary/aromatic N) is 3. The van der Waals surface area contributed by atoms with E-state index in [1.807, 2.05) is 18.7 Å². The molecule has 0 unspecified atom stereocenters. The fraction of sp³-hybridized carbons (Fsp3) is 0.450. The molecular formula is C20H23F3N4O2. The second kappa shape index (κ2) is 8.36. The highest BCUT2D eigenvalue weighted by Crippen LogP contribution is 2.37. The van der Waals surface area contributed by atoms with Crippen LogP contribution in [0.25, 0.3) is 10.9 Å². The number of fused-ring (bicyclic) bond motifs is 1. The number of alkyl halides is 3. The zero-order chi connectivity index (χ0) is 21.2. The molecule has 0 radical (unpaired) electrons. The van der Waals surface area contributed by atoms with Gasteiger partial charge in [-0.2, -0.15) is 13.2 Å². The molecule has 0 aliphatic carbocycles. The number of benzene rings is 1. The summed E-state index contributed by atoms with van der Waals surface area (Å²) in [6.07, 6.45) is -3.67. The SMILES string of the molecule is CC(C)NC(=O)CN1CCN(C(=O)c2cnc3ccccc3c2C(F)(F)F)CC1. The van der Waals surface area contributed by atoms with Crippen molar-refractivity contribution in [2.75, 3.05) is 32.7 Å². The normalized spacial score (nSPS) is 15.7. The summed E-state index contributed by atoms with van der Waals surface area (Å²) in [6.45, 7) is 5.26. The molecular weight excluding hydrogens is 385 g/mol. The summed E-state index contributed by atoms with van der Waals surface area (Å²) in [5.41, 5.74) is -1.20. The minimum absolute atomic E-state index is 0.0339. The van der Waals surface area contributed by atoms with Crippen LogP contribution in [0.4, 0.5) is 13.2 Å². The minimum Gasteiger partial charge on any atom is -0.353 e. The van der Waals surface area contributed by atoms with E-state index in [2.05, 4.69) is 10.3 Å². The Kier molecular flexibility index (Phi) is 6.07. The summed E-state index contributed by atoms with van der Waals surface area (Å²) >= 11 is 0. The predicted octanol–water partition coefficient (Wildman–Crippen LogP) is 2.54. The van der Waals surface area contributed by atoms with Gasteiger partial charge in [0, 0.05) is 43.8 Å². The number of carbonyl (C=O) groups is 2. The lowest BCUT2D eigenvalue weighted by molar-refractivity contribution is -0.136. The summed E-state index contributed by atoms with van der Waals surface area (Å²) < 4.78 is 41.3. The topological polar surface area (TPSA) is 65.5 Å². The third-order valence-electron chi connectivity index (χ3n) is 4.77. The van der Waals surface area contributed by atoms with Crippen molar-refractivity contribution in [3.8, 4) is 0 Å². The van der Waals surface area contributed by atoms with E-state index < -0.39 is 23.2 Å². The molecule has 3 rings (SSSR count). The van der Waals surface area contributed by atoms with Gasteiger partial charge in [-0.1, -0.05) is 18.2 Å². The van der Waals surface area contributed by atoms with Crippen LogP contribution in [-0.4, -0.2) is 65.4 Å². The summed E-state index contributed by atoms with van der Waals surface area (Å²) in [6, 6.07) is 5.94. The number of amides is 2. The van der Waals surface area contributed by atoms with Gasteiger partial charge in [-0.3, -0.25) is 19.5 Å². The van der Waals surface area contributed by atoms with Crippen molar-refractivity contribution in [1.29, 1.82) is 0 Å². The molecule has 1 aromatic carbocycles. The van der Waals surface area contributed by atoms with Crippen LogP contribution in [0.15, 0.2) is 30.5 Å². The van der Waals surface area contributed by atoms with Gasteiger partial charge < -0.3 is 10.2 Å². The minimum atomic E-state index is -4.68. The van der Waals surface area contributed by atoms with Crippen LogP contribution in [0.2, 0.25) is 0 Å². The number of piperazine rings is 1. The number of rotatable bonds is 4. The van der Waals surface area contributed by atoms with Gasteiger partial charge in [0.1, 0.15) is 0 Å². The monoisotopic (exact) mass is 408 g/mol. The summed E-state index contributed by atoms with van der Waals surface area (Å²) in [4.78, 5) is 32.1. The van der Waals surface area contributed by atoms with Gasteiger partial charge in [-0.15, -0.1) is 0 Å². The number of pyridine rings is 1. The molecule has 1 aliphatic rings. The predicted molar refractivity (Wildman–Crippen MR) is 102 cm³/mol. The standard InChI is InChI=1S/C20H23F3N4O2/c1-13(2)25-17(28)12-26-7-9-27(10-8-26)19(29)15-11-24-16-6-4-3-5-14(16)18(15)20(21,22)23/h3-6,11,13H,7-10,12H2,1-2H3,(H,25,28). The lowest BCUT2D eigenvalue weighted by atomic mass is 10.0. The molecule has 1 aromatic heterocycles. The maximum atomic E-state index is 13.8. The largest absolute Gasteiger partial charge is 0.417 e. The van der Waals surface area contributed by atoms with Crippen LogP contribution in [0.1, 0.15) is 29.8 Å². The maximum Gasteiger partial charge on any atom is 0.417 e. The fourth-order valence-corrected chi connectivity index (χ4v) is 3.46. The number of aromatic nitrogens is 1. The van der Waals surface area contributed by atoms with Gasteiger partial charge in [0.05, 0.1) is 23.2 Å². The van der Waals surface area contributed by atoms with E-state index in [-0.39, 0.29) is 42.5 Å². The first-order valence-electron chi connectivity index (χ1n) is 9.42. The molecule has 0 spiro atoms. The first-order chi connectivity index (χ1) is 13.7. The number of halogens is 3. The van der Waals surface area contributed by atoms with Crippen molar-refractivity contribution in [3.63, 3.8) is 0 Å². The molecule has 0 saturated carbocycles. The third kappa shape index (κ3) is 4.84. The number of para-hydroxylation sites is 1. The van der Waals surface area contributed by atoms with Crippen molar-refractivity contribution in [3.05, 3.63) is 41.6 Å². The molecule has 9 heteroatoms. The average Bonchev–Trinajstić information content (AvgIpc) is 2.65. The van der Waals surface area contributed by atoms with Crippen LogP contribution in [0.3, 0.4) is 0 Å². The Labute approximate surface area is 166 Å². The highest BCUT2D eigenvalue weighted by atomic mass is 19.4. The lowest BCUT2D eigenvalue weighted by Gasteiger charge is -2.34. The molecule has 6 nitrogen and oxygen atoms in total. The summed E-state index contributed by atoms with van der Waals surface area (Å²) in [7, 11) is 0. The molecule has 156 valence electrons. The Balaban J connectivity index is 1.77. The van der Waals surface area contributed by atoms with E-state index in [1.54, 1.807) is 6.07 Å². The molecule has 1 fully saturated rings. The molecule has 1 aliphatic heterocycles. The van der Waals surface area contributed by atoms with E-state index >= 15 is 0 Å². The van der Waals surface area contributed by atoms with E-state index in [9.17, 15) is 22.8 Å². The molecule has 2 heterocycles. The molecule has 2 amide bonds. The molecule has 0 bridgehead atoms. The Bertz CT molecular complexity index is 906. The van der Waals surface area contributed by atoms with Crippen LogP contribution >= 0.6 is 0 Å². The second-order valence-electron chi connectivity index (χ2n) is 7.35. The van der Waals surface area contributed by atoms with Crippen molar-refractivity contribution in [1.82, 2.24) is 20.1 Å². The highest BCUT2D eigenvalue weighted by molar-refractivity contribution is 6.00. The summed E-state index contributed by atoms with van der Waals surface area (Å²) in [5, 5.41) is 2.71. The fourth-order valence-electron chi connectivity index (χ4n) is 3.46. The van der Waals surface area contributed by atoms with Crippen LogP contribution in [-0.2, 0) is 11.0 Å². The van der Waals surface area contributed by atoms with Crippen molar-refractivity contribution < 1.29 is 22.8 Å². The number of carbonyl (C=O) groups excluding carboxylic acids is 2. The van der Waals surface area contributed by atoms with E-state index in [0.29, 0.717) is 13.1 Å². The Hall–Kier alpha value is -2.68.